The van der Waals surface area contributed by atoms with E-state index in [1.165, 1.54) is 74.6 Å². The minimum absolute atomic E-state index is 0.148. The number of carbonyl (C=O) groups is 4. The van der Waals surface area contributed by atoms with Gasteiger partial charge in [0.25, 0.3) is 0 Å². The largest absolute Gasteiger partial charge is 0.463 e. The van der Waals surface area contributed by atoms with E-state index in [2.05, 4.69) is 20.6 Å². The molecule has 0 unspecified atom stereocenters. The fourth-order valence-corrected chi connectivity index (χ4v) is 8.41. The second kappa shape index (κ2) is 16.8. The molecule has 15 nitrogen and oxygen atoms in total. The maximum Gasteiger partial charge on any atom is 0.303 e. The molecule has 1 saturated heterocycles. The Balaban J connectivity index is 1.38. The number of ether oxygens (including phenoxy) is 5. The van der Waals surface area contributed by atoms with Crippen molar-refractivity contribution in [1.29, 1.82) is 0 Å². The highest BCUT2D eigenvalue weighted by molar-refractivity contribution is 8.00. The van der Waals surface area contributed by atoms with E-state index in [1.807, 2.05) is 0 Å². The number of carbonyl (C=O) groups excluding carboxylic acids is 4. The van der Waals surface area contributed by atoms with Crippen molar-refractivity contribution in [3.63, 3.8) is 0 Å². The van der Waals surface area contributed by atoms with E-state index in [-0.39, 0.29) is 23.4 Å². The average Bonchev–Trinajstić information content (AvgIpc) is 3.80. The SMILES string of the molecule is CC(=O)OC[C@H]1O[C@@H](S[C@@H]2CCC[C@H](n3cc(-c4ccccc4F)nn3)[C@H]2OC(C)=O)[C@H](OC(C)=O)[C@@H](n2cc(-c3ccccc3F)nn2)[C@H]1OC(C)=O. The van der Waals surface area contributed by atoms with Crippen LogP contribution in [-0.4, -0.2) is 95.6 Å². The van der Waals surface area contributed by atoms with Gasteiger partial charge in [0.2, 0.25) is 0 Å². The molecule has 0 amide bonds. The molecule has 2 fully saturated rings. The molecule has 1 saturated carbocycles. The Hall–Kier alpha value is -5.23. The third-order valence-electron chi connectivity index (χ3n) is 8.98. The van der Waals surface area contributed by atoms with Crippen LogP contribution in [0.2, 0.25) is 0 Å². The third kappa shape index (κ3) is 8.76. The van der Waals surface area contributed by atoms with Crippen LogP contribution in [0.1, 0.15) is 59.0 Å². The maximum atomic E-state index is 14.8. The number of halogens is 2. The first-order valence-electron chi connectivity index (χ1n) is 17.2. The maximum absolute atomic E-state index is 14.8. The lowest BCUT2D eigenvalue weighted by molar-refractivity contribution is -0.212. The molecule has 2 aromatic carbocycles. The van der Waals surface area contributed by atoms with Crippen molar-refractivity contribution in [2.45, 2.75) is 94.1 Å². The Labute approximate surface area is 312 Å². The van der Waals surface area contributed by atoms with Crippen molar-refractivity contribution < 1.29 is 51.6 Å². The molecule has 18 heteroatoms. The molecule has 54 heavy (non-hydrogen) atoms. The number of hydrogen-bond donors (Lipinski definition) is 0. The summed E-state index contributed by atoms with van der Waals surface area (Å²) in [7, 11) is 0. The van der Waals surface area contributed by atoms with Gasteiger partial charge in [0.1, 0.15) is 53.3 Å². The summed E-state index contributed by atoms with van der Waals surface area (Å²) in [4.78, 5) is 49.8. The number of hydrogen-bond acceptors (Lipinski definition) is 14. The minimum Gasteiger partial charge on any atom is -0.463 e. The summed E-state index contributed by atoms with van der Waals surface area (Å²) in [5, 5.41) is 16.4. The second-order valence-corrected chi connectivity index (χ2v) is 14.2. The number of benzene rings is 2. The standard InChI is InChI=1S/C36H38F2N6O9S/c1-19(45)49-18-30-34(51-21(3)47)32(44-17-28(40-42-44)24-11-6-8-13-26(24)38)35(52-22(4)48)36(53-30)54-31-15-9-14-29(33(31)50-20(2)46)43-16-27(39-41-43)23-10-5-7-12-25(23)37/h5-8,10-13,16-17,29-36H,9,14-15,18H2,1-4H3/t29-,30+,31+,32-,33+,34-,35+,36-/m0/s1. The Bertz CT molecular complexity index is 1990. The van der Waals surface area contributed by atoms with E-state index in [9.17, 15) is 28.0 Å². The van der Waals surface area contributed by atoms with Crippen LogP contribution in [0, 0.1) is 11.6 Å². The summed E-state index contributed by atoms with van der Waals surface area (Å²) >= 11 is 1.21. The van der Waals surface area contributed by atoms with Crippen molar-refractivity contribution in [3.05, 3.63) is 72.6 Å². The van der Waals surface area contributed by atoms with Gasteiger partial charge in [0.15, 0.2) is 12.2 Å². The van der Waals surface area contributed by atoms with Gasteiger partial charge in [0, 0.05) is 44.1 Å². The number of thioether (sulfide) groups is 1. The van der Waals surface area contributed by atoms with Crippen LogP contribution in [0.25, 0.3) is 22.5 Å². The van der Waals surface area contributed by atoms with Crippen molar-refractivity contribution >= 4 is 35.6 Å². The van der Waals surface area contributed by atoms with Crippen LogP contribution in [0.3, 0.4) is 0 Å². The monoisotopic (exact) mass is 768 g/mol. The molecule has 0 spiro atoms. The van der Waals surface area contributed by atoms with E-state index in [0.29, 0.717) is 25.0 Å². The zero-order valence-corrected chi connectivity index (χ0v) is 30.6. The van der Waals surface area contributed by atoms with Gasteiger partial charge in [0.05, 0.1) is 18.4 Å². The molecule has 0 radical (unpaired) electrons. The lowest BCUT2D eigenvalue weighted by Gasteiger charge is -2.46. The highest BCUT2D eigenvalue weighted by atomic mass is 32.2. The van der Waals surface area contributed by atoms with Crippen molar-refractivity contribution in [1.82, 2.24) is 30.0 Å². The summed E-state index contributed by atoms with van der Waals surface area (Å²) in [6.45, 7) is 4.51. The highest BCUT2D eigenvalue weighted by Gasteiger charge is 2.53. The van der Waals surface area contributed by atoms with Gasteiger partial charge in [-0.25, -0.2) is 18.1 Å². The minimum atomic E-state index is -1.24. The summed E-state index contributed by atoms with van der Waals surface area (Å²) in [5.74, 6) is -3.62. The van der Waals surface area contributed by atoms with Crippen molar-refractivity contribution in [2.75, 3.05) is 6.61 Å². The molecule has 3 heterocycles. The predicted octanol–water partition coefficient (Wildman–Crippen LogP) is 4.63. The molecule has 8 atom stereocenters. The molecule has 2 aliphatic rings. The van der Waals surface area contributed by atoms with Gasteiger partial charge in [-0.05, 0) is 43.5 Å². The zero-order chi connectivity index (χ0) is 38.5. The number of nitrogens with zero attached hydrogens (tertiary/aromatic N) is 6. The Morgan fingerprint density at radius 2 is 1.28 bits per heavy atom. The molecule has 286 valence electrons. The van der Waals surface area contributed by atoms with Gasteiger partial charge < -0.3 is 23.7 Å². The molecular formula is C36H38F2N6O9S. The van der Waals surface area contributed by atoms with Crippen molar-refractivity contribution in [3.8, 4) is 22.5 Å². The molecule has 1 aliphatic carbocycles. The molecule has 0 bridgehead atoms. The van der Waals surface area contributed by atoms with E-state index in [1.54, 1.807) is 35.1 Å². The lowest BCUT2D eigenvalue weighted by Crippen LogP contribution is -2.58. The van der Waals surface area contributed by atoms with E-state index < -0.39 is 82.7 Å². The van der Waals surface area contributed by atoms with Gasteiger partial charge in [-0.3, -0.25) is 19.2 Å². The second-order valence-electron chi connectivity index (χ2n) is 12.9. The van der Waals surface area contributed by atoms with Crippen LogP contribution in [0.4, 0.5) is 8.78 Å². The topological polar surface area (TPSA) is 176 Å². The van der Waals surface area contributed by atoms with Crippen LogP contribution in [0.15, 0.2) is 60.9 Å². The van der Waals surface area contributed by atoms with Gasteiger partial charge in [-0.1, -0.05) is 34.7 Å². The third-order valence-corrected chi connectivity index (χ3v) is 10.5. The molecule has 4 aromatic rings. The van der Waals surface area contributed by atoms with Crippen LogP contribution >= 0.6 is 11.8 Å². The molecule has 0 N–H and O–H groups in total. The molecule has 1 aliphatic heterocycles. The summed E-state index contributed by atoms with van der Waals surface area (Å²) in [6, 6.07) is 10.5. The summed E-state index contributed by atoms with van der Waals surface area (Å²) < 4.78 is 61.7. The summed E-state index contributed by atoms with van der Waals surface area (Å²) in [6.07, 6.45) is 0.344. The summed E-state index contributed by atoms with van der Waals surface area (Å²) in [5.41, 5.74) is -0.205. The zero-order valence-electron chi connectivity index (χ0n) is 29.7. The van der Waals surface area contributed by atoms with Crippen LogP contribution in [-0.2, 0) is 42.9 Å². The number of aromatic nitrogens is 6. The number of rotatable bonds is 11. The van der Waals surface area contributed by atoms with Crippen LogP contribution in [0.5, 0.6) is 0 Å². The highest BCUT2D eigenvalue weighted by Crippen LogP contribution is 2.45. The Kier molecular flexibility index (Phi) is 12.0. The fourth-order valence-electron chi connectivity index (χ4n) is 6.79. The molecular weight excluding hydrogens is 730 g/mol. The lowest BCUT2D eigenvalue weighted by atomic mass is 9.92. The van der Waals surface area contributed by atoms with Crippen LogP contribution < -0.4 is 0 Å². The normalized spacial score (nSPS) is 25.4. The smallest absolute Gasteiger partial charge is 0.303 e. The van der Waals surface area contributed by atoms with Gasteiger partial charge in [-0.15, -0.1) is 22.0 Å². The Morgan fingerprint density at radius 1 is 0.741 bits per heavy atom. The van der Waals surface area contributed by atoms with E-state index in [0.717, 1.165) is 0 Å². The van der Waals surface area contributed by atoms with Gasteiger partial charge in [-0.2, -0.15) is 0 Å². The molecule has 2 aromatic heterocycles. The van der Waals surface area contributed by atoms with E-state index >= 15 is 0 Å². The fraction of sp³-hybridized carbons (Fsp3) is 0.444. The average molecular weight is 769 g/mol. The van der Waals surface area contributed by atoms with Gasteiger partial charge >= 0.3 is 23.9 Å². The molecule has 6 rings (SSSR count). The van der Waals surface area contributed by atoms with E-state index in [4.69, 9.17) is 23.7 Å². The van der Waals surface area contributed by atoms with Crippen molar-refractivity contribution in [2.24, 2.45) is 0 Å². The Morgan fingerprint density at radius 3 is 1.85 bits per heavy atom. The quantitative estimate of drug-likeness (QED) is 0.152. The first-order chi connectivity index (χ1) is 25.9. The predicted molar refractivity (Wildman–Crippen MR) is 186 cm³/mol. The first-order valence-corrected chi connectivity index (χ1v) is 18.1. The number of esters is 4. The first kappa shape index (κ1) is 38.5.